The molecule has 0 aliphatic heterocycles. The predicted octanol–water partition coefficient (Wildman–Crippen LogP) is 3.25. The summed E-state index contributed by atoms with van der Waals surface area (Å²) in [6, 6.07) is 7.27. The average molecular weight is 356 g/mol. The van der Waals surface area contributed by atoms with E-state index in [0.717, 1.165) is 36.3 Å². The molecule has 0 N–H and O–H groups in total. The van der Waals surface area contributed by atoms with Crippen LogP contribution in [0.5, 0.6) is 0 Å². The van der Waals surface area contributed by atoms with Crippen molar-refractivity contribution < 1.29 is 19.1 Å². The molecule has 0 amide bonds. The van der Waals surface area contributed by atoms with E-state index >= 15 is 0 Å². The number of benzene rings is 1. The van der Waals surface area contributed by atoms with Crippen molar-refractivity contribution in [2.75, 3.05) is 14.2 Å². The van der Waals surface area contributed by atoms with Crippen LogP contribution in [-0.4, -0.2) is 35.7 Å². The molecule has 0 unspecified atom stereocenters. The molecule has 0 bridgehead atoms. The maximum Gasteiger partial charge on any atom is 0.337 e. The first kappa shape index (κ1) is 19.4. The van der Waals surface area contributed by atoms with Gasteiger partial charge in [-0.3, -0.25) is 0 Å². The fourth-order valence-electron chi connectivity index (χ4n) is 2.55. The third-order valence-corrected chi connectivity index (χ3v) is 4.03. The van der Waals surface area contributed by atoms with Crippen LogP contribution in [0.1, 0.15) is 47.2 Å². The van der Waals surface area contributed by atoms with Gasteiger partial charge in [-0.2, -0.15) is 0 Å². The Bertz CT molecular complexity index is 776. The highest BCUT2D eigenvalue weighted by atomic mass is 16.5. The predicted molar refractivity (Wildman–Crippen MR) is 98.8 cm³/mol. The van der Waals surface area contributed by atoms with Crippen LogP contribution < -0.4 is 0 Å². The van der Waals surface area contributed by atoms with Gasteiger partial charge in [0.1, 0.15) is 5.82 Å². The van der Waals surface area contributed by atoms with Crippen LogP contribution in [0.15, 0.2) is 36.5 Å². The first-order chi connectivity index (χ1) is 12.6. The highest BCUT2D eigenvalue weighted by Crippen LogP contribution is 2.15. The lowest BCUT2D eigenvalue weighted by Gasteiger charge is -2.11. The molecule has 1 aromatic heterocycles. The van der Waals surface area contributed by atoms with Crippen molar-refractivity contribution in [3.63, 3.8) is 0 Å². The fourth-order valence-corrected chi connectivity index (χ4v) is 2.55. The summed E-state index contributed by atoms with van der Waals surface area (Å²) in [5, 5.41) is 0. The number of carbonyl (C=O) groups is 2. The van der Waals surface area contributed by atoms with Crippen LogP contribution in [0.25, 0.3) is 6.08 Å². The van der Waals surface area contributed by atoms with Gasteiger partial charge < -0.3 is 14.0 Å². The quantitative estimate of drug-likeness (QED) is 0.536. The van der Waals surface area contributed by atoms with Gasteiger partial charge in [-0.15, -0.1) is 0 Å². The molecule has 26 heavy (non-hydrogen) atoms. The molecule has 1 heterocycles. The van der Waals surface area contributed by atoms with Gasteiger partial charge in [0.25, 0.3) is 0 Å². The number of nitrogens with zero attached hydrogens (tertiary/aromatic N) is 2. The molecule has 0 spiro atoms. The Morgan fingerprint density at radius 3 is 2.50 bits per heavy atom. The molecule has 0 aliphatic carbocycles. The Balaban J connectivity index is 2.26. The molecule has 2 rings (SSSR count). The zero-order valence-corrected chi connectivity index (χ0v) is 15.4. The van der Waals surface area contributed by atoms with Gasteiger partial charge in [-0.05, 0) is 30.2 Å². The summed E-state index contributed by atoms with van der Waals surface area (Å²) >= 11 is 0. The number of methoxy groups -OCH3 is 2. The molecule has 1 aromatic carbocycles. The second-order valence-electron chi connectivity index (χ2n) is 5.83. The van der Waals surface area contributed by atoms with Gasteiger partial charge in [0.15, 0.2) is 0 Å². The van der Waals surface area contributed by atoms with Gasteiger partial charge in [-0.25, -0.2) is 14.6 Å². The molecular weight excluding hydrogens is 332 g/mol. The minimum absolute atomic E-state index is 0.357. The first-order valence-electron chi connectivity index (χ1n) is 8.56. The van der Waals surface area contributed by atoms with E-state index in [9.17, 15) is 9.59 Å². The maximum atomic E-state index is 11.6. The summed E-state index contributed by atoms with van der Waals surface area (Å²) in [6.45, 7) is 2.73. The third-order valence-electron chi connectivity index (χ3n) is 4.03. The number of hydrogen-bond donors (Lipinski definition) is 0. The number of unbranched alkanes of at least 4 members (excludes halogenated alkanes) is 1. The van der Waals surface area contributed by atoms with Gasteiger partial charge in [-0.1, -0.05) is 25.5 Å². The topological polar surface area (TPSA) is 70.4 Å². The number of hydrogen-bond acceptors (Lipinski definition) is 5. The Morgan fingerprint density at radius 1 is 1.15 bits per heavy atom. The number of imidazole rings is 1. The minimum Gasteiger partial charge on any atom is -0.466 e. The number of aromatic nitrogens is 2. The van der Waals surface area contributed by atoms with E-state index in [4.69, 9.17) is 4.74 Å². The van der Waals surface area contributed by atoms with Crippen LogP contribution >= 0.6 is 0 Å². The van der Waals surface area contributed by atoms with Gasteiger partial charge in [0.05, 0.1) is 31.7 Å². The van der Waals surface area contributed by atoms with Gasteiger partial charge in [0, 0.05) is 19.0 Å². The Labute approximate surface area is 153 Å². The van der Waals surface area contributed by atoms with Crippen molar-refractivity contribution in [1.82, 2.24) is 9.55 Å². The number of ether oxygens (including phenoxy) is 2. The average Bonchev–Trinajstić information content (AvgIpc) is 3.05. The number of aryl methyl sites for hydroxylation is 1. The largest absolute Gasteiger partial charge is 0.466 e. The van der Waals surface area contributed by atoms with Crippen molar-refractivity contribution in [3.8, 4) is 0 Å². The van der Waals surface area contributed by atoms with E-state index in [1.165, 1.54) is 20.3 Å². The second-order valence-corrected chi connectivity index (χ2v) is 5.83. The molecule has 0 saturated carbocycles. The summed E-state index contributed by atoms with van der Waals surface area (Å²) in [6.07, 6.45) is 7.83. The Morgan fingerprint density at radius 2 is 1.88 bits per heavy atom. The monoisotopic (exact) mass is 356 g/mol. The molecule has 0 radical (unpaired) electrons. The van der Waals surface area contributed by atoms with Crippen molar-refractivity contribution in [2.24, 2.45) is 0 Å². The molecule has 138 valence electrons. The van der Waals surface area contributed by atoms with Crippen molar-refractivity contribution in [3.05, 3.63) is 59.2 Å². The Kier molecular flexibility index (Phi) is 7.14. The lowest BCUT2D eigenvalue weighted by atomic mass is 10.1. The van der Waals surface area contributed by atoms with Crippen LogP contribution in [0, 0.1) is 0 Å². The highest BCUT2D eigenvalue weighted by Gasteiger charge is 2.10. The van der Waals surface area contributed by atoms with Crippen LogP contribution in [-0.2, 0) is 27.2 Å². The SMILES string of the molecule is CCCCc1ncc(/C=C/C(=O)OC)n1Cc1ccc(C(=O)OC)cc1. The van der Waals surface area contributed by atoms with Crippen LogP contribution in [0.3, 0.4) is 0 Å². The van der Waals surface area contributed by atoms with Crippen LogP contribution in [0.4, 0.5) is 0 Å². The molecule has 0 saturated heterocycles. The van der Waals surface area contributed by atoms with E-state index in [1.54, 1.807) is 24.4 Å². The van der Waals surface area contributed by atoms with E-state index < -0.39 is 5.97 Å². The molecule has 6 heteroatoms. The number of carbonyl (C=O) groups excluding carboxylic acids is 2. The standard InChI is InChI=1S/C20H24N2O4/c1-4-5-6-18-21-13-17(11-12-19(23)25-2)22(18)14-15-7-9-16(10-8-15)20(24)26-3/h7-13H,4-6,14H2,1-3H3/b12-11+. The van der Waals surface area contributed by atoms with Gasteiger partial charge >= 0.3 is 11.9 Å². The van der Waals surface area contributed by atoms with E-state index in [2.05, 4.69) is 21.2 Å². The van der Waals surface area contributed by atoms with Crippen molar-refractivity contribution in [2.45, 2.75) is 32.7 Å². The normalized spacial score (nSPS) is 10.9. The number of rotatable bonds is 8. The van der Waals surface area contributed by atoms with Crippen molar-refractivity contribution >= 4 is 18.0 Å². The van der Waals surface area contributed by atoms with Gasteiger partial charge in [0.2, 0.25) is 0 Å². The molecule has 6 nitrogen and oxygen atoms in total. The lowest BCUT2D eigenvalue weighted by Crippen LogP contribution is -2.08. The van der Waals surface area contributed by atoms with E-state index in [-0.39, 0.29) is 5.97 Å². The summed E-state index contributed by atoms with van der Waals surface area (Å²) in [5.74, 6) is 0.202. The summed E-state index contributed by atoms with van der Waals surface area (Å²) < 4.78 is 11.4. The minimum atomic E-state index is -0.407. The molecule has 0 fully saturated rings. The fraction of sp³-hybridized carbons (Fsp3) is 0.350. The lowest BCUT2D eigenvalue weighted by molar-refractivity contribution is -0.134. The molecule has 2 aromatic rings. The first-order valence-corrected chi connectivity index (χ1v) is 8.56. The van der Waals surface area contributed by atoms with Crippen molar-refractivity contribution in [1.29, 1.82) is 0 Å². The highest BCUT2D eigenvalue weighted by molar-refractivity contribution is 5.89. The van der Waals surface area contributed by atoms with E-state index in [0.29, 0.717) is 12.1 Å². The molecular formula is C20H24N2O4. The third kappa shape index (κ3) is 5.05. The van der Waals surface area contributed by atoms with E-state index in [1.807, 2.05) is 12.1 Å². The smallest absolute Gasteiger partial charge is 0.337 e. The van der Waals surface area contributed by atoms with Crippen LogP contribution in [0.2, 0.25) is 0 Å². The second kappa shape index (κ2) is 9.56. The summed E-state index contributed by atoms with van der Waals surface area (Å²) in [5.41, 5.74) is 2.37. The zero-order chi connectivity index (χ0) is 18.9. The molecule has 0 aliphatic rings. The summed E-state index contributed by atoms with van der Waals surface area (Å²) in [7, 11) is 2.71. The summed E-state index contributed by atoms with van der Waals surface area (Å²) in [4.78, 5) is 27.4. The molecule has 0 atom stereocenters. The zero-order valence-electron chi connectivity index (χ0n) is 15.4. The number of esters is 2. The Hall–Kier alpha value is -2.89. The maximum absolute atomic E-state index is 11.6.